The predicted octanol–water partition coefficient (Wildman–Crippen LogP) is 1.40. The molecule has 0 aromatic heterocycles. The van der Waals surface area contributed by atoms with Gasteiger partial charge >= 0.3 is 0 Å². The minimum absolute atomic E-state index is 0.292. The van der Waals surface area contributed by atoms with Crippen molar-refractivity contribution in [2.75, 3.05) is 13.9 Å². The molecular formula is C9H9NO3. The van der Waals surface area contributed by atoms with Crippen molar-refractivity contribution in [3.05, 3.63) is 23.8 Å². The zero-order valence-electron chi connectivity index (χ0n) is 7.19. The lowest BCUT2D eigenvalue weighted by molar-refractivity contribution is 0.174. The van der Waals surface area contributed by atoms with Crippen LogP contribution in [0.2, 0.25) is 0 Å². The fourth-order valence-corrected chi connectivity index (χ4v) is 1.11. The van der Waals surface area contributed by atoms with E-state index in [1.807, 2.05) is 18.2 Å². The number of nitrogens with zero attached hydrogens (tertiary/aromatic N) is 1. The number of ether oxygens (including phenoxy) is 2. The fraction of sp³-hybridized carbons (Fsp3) is 0.222. The smallest absolute Gasteiger partial charge is 0.231 e. The summed E-state index contributed by atoms with van der Waals surface area (Å²) >= 11 is 0. The summed E-state index contributed by atoms with van der Waals surface area (Å²) in [5.74, 6) is 1.52. The van der Waals surface area contributed by atoms with Crippen molar-refractivity contribution in [2.45, 2.75) is 0 Å². The molecule has 2 rings (SSSR count). The molecule has 1 aromatic rings. The van der Waals surface area contributed by atoms with Gasteiger partial charge in [0.25, 0.3) is 0 Å². The first kappa shape index (κ1) is 7.91. The summed E-state index contributed by atoms with van der Waals surface area (Å²) in [5, 5.41) is 3.65. The van der Waals surface area contributed by atoms with Gasteiger partial charge in [0.2, 0.25) is 6.79 Å². The maximum absolute atomic E-state index is 5.19. The minimum atomic E-state index is 0.292. The van der Waals surface area contributed by atoms with Gasteiger partial charge in [0.05, 0.1) is 6.21 Å². The molecule has 0 atom stereocenters. The van der Waals surface area contributed by atoms with Gasteiger partial charge in [-0.1, -0.05) is 5.16 Å². The molecule has 0 fully saturated rings. The van der Waals surface area contributed by atoms with Gasteiger partial charge in [-0.25, -0.2) is 0 Å². The molecule has 4 heteroatoms. The molecule has 1 aliphatic heterocycles. The maximum Gasteiger partial charge on any atom is 0.231 e. The molecule has 0 N–H and O–H groups in total. The van der Waals surface area contributed by atoms with Crippen LogP contribution in [0.25, 0.3) is 0 Å². The standard InChI is InChI=1S/C9H9NO3/c1-11-10-5-7-2-3-8-9(4-7)13-6-12-8/h2-5H,6H2,1H3/b10-5-. The van der Waals surface area contributed by atoms with Crippen LogP contribution in [0.5, 0.6) is 11.5 Å². The number of benzene rings is 1. The van der Waals surface area contributed by atoms with Crippen molar-refractivity contribution in [2.24, 2.45) is 5.16 Å². The monoisotopic (exact) mass is 179 g/mol. The number of hydrogen-bond donors (Lipinski definition) is 0. The van der Waals surface area contributed by atoms with Crippen LogP contribution >= 0.6 is 0 Å². The van der Waals surface area contributed by atoms with Gasteiger partial charge in [-0.15, -0.1) is 0 Å². The van der Waals surface area contributed by atoms with Crippen LogP contribution < -0.4 is 9.47 Å². The number of hydrogen-bond acceptors (Lipinski definition) is 4. The van der Waals surface area contributed by atoms with E-state index in [4.69, 9.17) is 9.47 Å². The Balaban J connectivity index is 2.25. The molecule has 0 bridgehead atoms. The average Bonchev–Trinajstić information content (AvgIpc) is 2.61. The van der Waals surface area contributed by atoms with Crippen LogP contribution in [-0.2, 0) is 4.84 Å². The Morgan fingerprint density at radius 1 is 1.38 bits per heavy atom. The van der Waals surface area contributed by atoms with Gasteiger partial charge in [0.1, 0.15) is 7.11 Å². The van der Waals surface area contributed by atoms with Crippen molar-refractivity contribution in [1.29, 1.82) is 0 Å². The van der Waals surface area contributed by atoms with Gasteiger partial charge in [0.15, 0.2) is 11.5 Å². The van der Waals surface area contributed by atoms with Crippen molar-refractivity contribution in [3.8, 4) is 11.5 Å². The van der Waals surface area contributed by atoms with Gasteiger partial charge in [-0.05, 0) is 18.2 Å². The Hall–Kier alpha value is -1.71. The van der Waals surface area contributed by atoms with Crippen molar-refractivity contribution in [1.82, 2.24) is 0 Å². The Morgan fingerprint density at radius 3 is 3.08 bits per heavy atom. The third kappa shape index (κ3) is 1.56. The molecule has 0 spiro atoms. The molecule has 0 saturated carbocycles. The maximum atomic E-state index is 5.19. The van der Waals surface area contributed by atoms with E-state index in [1.165, 1.54) is 7.11 Å². The van der Waals surface area contributed by atoms with Gasteiger partial charge < -0.3 is 14.3 Å². The quantitative estimate of drug-likeness (QED) is 0.509. The molecule has 4 nitrogen and oxygen atoms in total. The van der Waals surface area contributed by atoms with Gasteiger partial charge in [-0.3, -0.25) is 0 Å². The highest BCUT2D eigenvalue weighted by molar-refractivity contribution is 5.80. The average molecular weight is 179 g/mol. The molecule has 0 saturated heterocycles. The minimum Gasteiger partial charge on any atom is -0.454 e. The highest BCUT2D eigenvalue weighted by Gasteiger charge is 2.12. The molecule has 1 heterocycles. The van der Waals surface area contributed by atoms with E-state index in [-0.39, 0.29) is 0 Å². The van der Waals surface area contributed by atoms with Crippen molar-refractivity contribution < 1.29 is 14.3 Å². The first-order valence-corrected chi connectivity index (χ1v) is 3.86. The summed E-state index contributed by atoms with van der Waals surface area (Å²) in [5.41, 5.74) is 0.922. The molecule has 68 valence electrons. The second-order valence-corrected chi connectivity index (χ2v) is 2.53. The van der Waals surface area contributed by atoms with Crippen LogP contribution in [0.4, 0.5) is 0 Å². The molecule has 1 aromatic carbocycles. The van der Waals surface area contributed by atoms with E-state index in [2.05, 4.69) is 9.99 Å². The Bertz CT molecular complexity index is 336. The number of oxime groups is 1. The highest BCUT2D eigenvalue weighted by atomic mass is 16.7. The van der Waals surface area contributed by atoms with Crippen molar-refractivity contribution >= 4 is 6.21 Å². The Morgan fingerprint density at radius 2 is 2.23 bits per heavy atom. The molecular weight excluding hydrogens is 170 g/mol. The van der Waals surface area contributed by atoms with Crippen LogP contribution in [0, 0.1) is 0 Å². The number of rotatable bonds is 2. The van der Waals surface area contributed by atoms with Crippen LogP contribution in [0.15, 0.2) is 23.4 Å². The molecule has 0 aliphatic carbocycles. The summed E-state index contributed by atoms with van der Waals surface area (Å²) in [6.07, 6.45) is 1.61. The second kappa shape index (κ2) is 3.35. The van der Waals surface area contributed by atoms with E-state index in [0.717, 1.165) is 17.1 Å². The summed E-state index contributed by atoms with van der Waals surface area (Å²) in [7, 11) is 1.50. The van der Waals surface area contributed by atoms with Crippen LogP contribution in [0.1, 0.15) is 5.56 Å². The molecule has 0 unspecified atom stereocenters. The summed E-state index contributed by atoms with van der Waals surface area (Å²) in [6, 6.07) is 5.58. The summed E-state index contributed by atoms with van der Waals surface area (Å²) in [4.78, 5) is 4.56. The lowest BCUT2D eigenvalue weighted by Gasteiger charge is -1.96. The molecule has 0 amide bonds. The Kier molecular flexibility index (Phi) is 2.04. The summed E-state index contributed by atoms with van der Waals surface area (Å²) < 4.78 is 10.4. The molecule has 0 radical (unpaired) electrons. The fourth-order valence-electron chi connectivity index (χ4n) is 1.11. The van der Waals surface area contributed by atoms with Gasteiger partial charge in [0, 0.05) is 5.56 Å². The largest absolute Gasteiger partial charge is 0.454 e. The first-order chi connectivity index (χ1) is 6.40. The normalized spacial score (nSPS) is 13.6. The zero-order valence-corrected chi connectivity index (χ0v) is 7.19. The molecule has 1 aliphatic rings. The topological polar surface area (TPSA) is 40.0 Å². The van der Waals surface area contributed by atoms with Crippen molar-refractivity contribution in [3.63, 3.8) is 0 Å². The van der Waals surface area contributed by atoms with E-state index in [1.54, 1.807) is 6.21 Å². The van der Waals surface area contributed by atoms with Crippen LogP contribution in [0.3, 0.4) is 0 Å². The zero-order chi connectivity index (χ0) is 9.10. The van der Waals surface area contributed by atoms with E-state index >= 15 is 0 Å². The molecule has 13 heavy (non-hydrogen) atoms. The highest BCUT2D eigenvalue weighted by Crippen LogP contribution is 2.31. The van der Waals surface area contributed by atoms with E-state index < -0.39 is 0 Å². The SMILES string of the molecule is CO/N=C\c1ccc2c(c1)OCO2. The predicted molar refractivity (Wildman–Crippen MR) is 47.2 cm³/mol. The van der Waals surface area contributed by atoms with Gasteiger partial charge in [-0.2, -0.15) is 0 Å². The van der Waals surface area contributed by atoms with E-state index in [9.17, 15) is 0 Å². The van der Waals surface area contributed by atoms with E-state index in [0.29, 0.717) is 6.79 Å². The lowest BCUT2D eigenvalue weighted by atomic mass is 10.2. The third-order valence-electron chi connectivity index (χ3n) is 1.70. The Labute approximate surface area is 75.7 Å². The summed E-state index contributed by atoms with van der Waals surface area (Å²) in [6.45, 7) is 0.292. The number of fused-ring (bicyclic) bond motifs is 1. The lowest BCUT2D eigenvalue weighted by Crippen LogP contribution is -1.92. The second-order valence-electron chi connectivity index (χ2n) is 2.53. The van der Waals surface area contributed by atoms with Crippen LogP contribution in [-0.4, -0.2) is 20.1 Å². The third-order valence-corrected chi connectivity index (χ3v) is 1.70. The first-order valence-electron chi connectivity index (χ1n) is 3.86.